The molecule has 5 rings (SSSR count). The number of likely N-dealkylation sites (tertiary alicyclic amines) is 1. The maximum atomic E-state index is 10.3. The van der Waals surface area contributed by atoms with E-state index in [0.717, 1.165) is 73.8 Å². The molecular weight excluding hydrogens is 432 g/mol. The molecule has 2 fully saturated rings. The second kappa shape index (κ2) is 9.44. The molecule has 34 heavy (non-hydrogen) atoms. The normalized spacial score (nSPS) is 18.5. The number of pyridine rings is 1. The average Bonchev–Trinajstić information content (AvgIpc) is 3.23. The first-order valence-corrected chi connectivity index (χ1v) is 12.1. The van der Waals surface area contributed by atoms with E-state index >= 15 is 0 Å². The molecule has 0 aromatic carbocycles. The van der Waals surface area contributed by atoms with Crippen molar-refractivity contribution in [1.29, 1.82) is 0 Å². The average molecular weight is 467 g/mol. The van der Waals surface area contributed by atoms with Crippen LogP contribution in [0.15, 0.2) is 18.2 Å². The van der Waals surface area contributed by atoms with Gasteiger partial charge in [-0.25, -0.2) is 9.97 Å². The number of morpholine rings is 1. The zero-order valence-corrected chi connectivity index (χ0v) is 20.2. The summed E-state index contributed by atoms with van der Waals surface area (Å²) in [6.45, 7) is 11.4. The number of rotatable bonds is 6. The second-order valence-electron chi connectivity index (χ2n) is 9.91. The number of H-pyrrole nitrogens is 1. The Bertz CT molecular complexity index is 1130. The molecule has 0 atom stereocenters. The monoisotopic (exact) mass is 466 g/mol. The van der Waals surface area contributed by atoms with E-state index in [0.29, 0.717) is 30.9 Å². The van der Waals surface area contributed by atoms with Gasteiger partial charge in [0.25, 0.3) is 0 Å². The van der Waals surface area contributed by atoms with E-state index < -0.39 is 5.60 Å². The van der Waals surface area contributed by atoms with Gasteiger partial charge in [0.05, 0.1) is 30.0 Å². The molecule has 0 unspecified atom stereocenters. The number of aryl methyl sites for hydroxylation is 1. The molecular formula is C24H34N8O2. The van der Waals surface area contributed by atoms with Crippen LogP contribution in [0.5, 0.6) is 0 Å². The lowest BCUT2D eigenvalue weighted by Gasteiger charge is -2.37. The molecule has 2 saturated heterocycles. The molecule has 10 heteroatoms. The van der Waals surface area contributed by atoms with Gasteiger partial charge in [0.15, 0.2) is 11.6 Å². The number of anilines is 3. The number of aromatic amines is 1. The van der Waals surface area contributed by atoms with Gasteiger partial charge < -0.3 is 20.1 Å². The van der Waals surface area contributed by atoms with Crippen LogP contribution in [0, 0.1) is 12.8 Å². The van der Waals surface area contributed by atoms with Gasteiger partial charge in [-0.3, -0.25) is 10.00 Å². The van der Waals surface area contributed by atoms with Gasteiger partial charge in [-0.15, -0.1) is 0 Å². The summed E-state index contributed by atoms with van der Waals surface area (Å²) in [4.78, 5) is 19.2. The second-order valence-corrected chi connectivity index (χ2v) is 9.91. The summed E-state index contributed by atoms with van der Waals surface area (Å²) in [6, 6.07) is 6.02. The minimum absolute atomic E-state index is 0.346. The van der Waals surface area contributed by atoms with Crippen LogP contribution in [0.2, 0.25) is 0 Å². The summed E-state index contributed by atoms with van der Waals surface area (Å²) in [5.74, 6) is 2.36. The van der Waals surface area contributed by atoms with Crippen molar-refractivity contribution in [3.05, 3.63) is 29.6 Å². The van der Waals surface area contributed by atoms with Gasteiger partial charge in [-0.2, -0.15) is 10.1 Å². The highest BCUT2D eigenvalue weighted by atomic mass is 16.5. The van der Waals surface area contributed by atoms with Crippen LogP contribution in [-0.2, 0) is 11.3 Å². The standard InChI is InChI=1S/C24H34N8O2/c1-16-14-20(30-29-16)27-23-26-19-5-4-18(15-31-8-6-17(7-9-31)24(2,3)33)25-21(19)22(28-23)32-10-12-34-13-11-32/h4-5,14,17,33H,6-13,15H2,1-3H3,(H2,26,27,28,29,30). The Hall–Kier alpha value is -2.82. The number of hydrogen-bond donors (Lipinski definition) is 3. The zero-order chi connectivity index (χ0) is 23.7. The molecule has 2 aliphatic heterocycles. The fourth-order valence-corrected chi connectivity index (χ4v) is 4.80. The third kappa shape index (κ3) is 5.13. The van der Waals surface area contributed by atoms with Crippen molar-refractivity contribution in [3.8, 4) is 0 Å². The molecule has 3 N–H and O–H groups in total. The van der Waals surface area contributed by atoms with Crippen molar-refractivity contribution >= 4 is 28.6 Å². The van der Waals surface area contributed by atoms with Crippen molar-refractivity contribution in [2.45, 2.75) is 45.8 Å². The quantitative estimate of drug-likeness (QED) is 0.504. The lowest BCUT2D eigenvalue weighted by atomic mass is 9.83. The van der Waals surface area contributed by atoms with E-state index in [9.17, 15) is 5.11 Å². The van der Waals surface area contributed by atoms with Crippen LogP contribution >= 0.6 is 0 Å². The number of piperidine rings is 1. The molecule has 3 aromatic rings. The summed E-state index contributed by atoms with van der Waals surface area (Å²) < 4.78 is 5.56. The number of aliphatic hydroxyl groups is 1. The summed E-state index contributed by atoms with van der Waals surface area (Å²) >= 11 is 0. The van der Waals surface area contributed by atoms with Crippen LogP contribution in [0.3, 0.4) is 0 Å². The van der Waals surface area contributed by atoms with Crippen LogP contribution in [0.25, 0.3) is 11.0 Å². The summed E-state index contributed by atoms with van der Waals surface area (Å²) in [6.07, 6.45) is 2.00. The summed E-state index contributed by atoms with van der Waals surface area (Å²) in [5, 5.41) is 20.7. The topological polar surface area (TPSA) is 115 Å². The highest BCUT2D eigenvalue weighted by Gasteiger charge is 2.30. The molecule has 10 nitrogen and oxygen atoms in total. The molecule has 0 bridgehead atoms. The van der Waals surface area contributed by atoms with Crippen LogP contribution < -0.4 is 10.2 Å². The van der Waals surface area contributed by atoms with Gasteiger partial charge in [-0.05, 0) is 64.8 Å². The van der Waals surface area contributed by atoms with Gasteiger partial charge in [-0.1, -0.05) is 0 Å². The minimum atomic E-state index is -0.613. The predicted molar refractivity (Wildman–Crippen MR) is 131 cm³/mol. The maximum Gasteiger partial charge on any atom is 0.231 e. The van der Waals surface area contributed by atoms with Gasteiger partial charge in [0, 0.05) is 31.4 Å². The van der Waals surface area contributed by atoms with E-state index in [2.05, 4.69) is 31.4 Å². The summed E-state index contributed by atoms with van der Waals surface area (Å²) in [5.41, 5.74) is 2.98. The van der Waals surface area contributed by atoms with Gasteiger partial charge in [0.2, 0.25) is 5.95 Å². The molecule has 0 aliphatic carbocycles. The third-order valence-electron chi connectivity index (χ3n) is 6.81. The van der Waals surface area contributed by atoms with Gasteiger partial charge in [0.1, 0.15) is 5.52 Å². The Balaban J connectivity index is 1.40. The number of aromatic nitrogens is 5. The Labute approximate surface area is 199 Å². The van der Waals surface area contributed by atoms with E-state index in [1.54, 1.807) is 0 Å². The van der Waals surface area contributed by atoms with E-state index in [-0.39, 0.29) is 0 Å². The zero-order valence-electron chi connectivity index (χ0n) is 20.2. The Kier molecular flexibility index (Phi) is 6.37. The first-order chi connectivity index (χ1) is 16.3. The minimum Gasteiger partial charge on any atom is -0.390 e. The van der Waals surface area contributed by atoms with Crippen molar-refractivity contribution in [1.82, 2.24) is 30.0 Å². The van der Waals surface area contributed by atoms with E-state index in [4.69, 9.17) is 19.7 Å². The predicted octanol–water partition coefficient (Wildman–Crippen LogP) is 2.62. The Morgan fingerprint density at radius 2 is 1.88 bits per heavy atom. The lowest BCUT2D eigenvalue weighted by molar-refractivity contribution is -0.0137. The van der Waals surface area contributed by atoms with Crippen LogP contribution in [0.4, 0.5) is 17.6 Å². The first kappa shape index (κ1) is 22.9. The molecule has 0 spiro atoms. The van der Waals surface area contributed by atoms with Crippen molar-refractivity contribution < 1.29 is 9.84 Å². The van der Waals surface area contributed by atoms with Crippen LogP contribution in [-0.4, -0.2) is 80.1 Å². The fourth-order valence-electron chi connectivity index (χ4n) is 4.80. The van der Waals surface area contributed by atoms with Crippen molar-refractivity contribution in [3.63, 3.8) is 0 Å². The SMILES string of the molecule is Cc1cc(Nc2nc(N3CCOCC3)c3nc(CN4CCC(C(C)(C)O)CC4)ccc3n2)n[nH]1. The molecule has 2 aliphatic rings. The molecule has 182 valence electrons. The molecule has 0 saturated carbocycles. The molecule has 0 amide bonds. The highest BCUT2D eigenvalue weighted by molar-refractivity contribution is 5.87. The number of nitrogens with zero attached hydrogens (tertiary/aromatic N) is 6. The molecule has 0 radical (unpaired) electrons. The van der Waals surface area contributed by atoms with E-state index in [1.165, 1.54) is 0 Å². The first-order valence-electron chi connectivity index (χ1n) is 12.1. The number of ether oxygens (including phenoxy) is 1. The Morgan fingerprint density at radius 3 is 2.56 bits per heavy atom. The fraction of sp³-hybridized carbons (Fsp3) is 0.583. The molecule has 3 aromatic heterocycles. The number of hydrogen-bond acceptors (Lipinski definition) is 9. The van der Waals surface area contributed by atoms with Crippen molar-refractivity contribution in [2.75, 3.05) is 49.6 Å². The van der Waals surface area contributed by atoms with Gasteiger partial charge >= 0.3 is 0 Å². The maximum absolute atomic E-state index is 10.3. The lowest BCUT2D eigenvalue weighted by Crippen LogP contribution is -2.41. The smallest absolute Gasteiger partial charge is 0.231 e. The van der Waals surface area contributed by atoms with E-state index in [1.807, 2.05) is 32.9 Å². The summed E-state index contributed by atoms with van der Waals surface area (Å²) in [7, 11) is 0. The Morgan fingerprint density at radius 1 is 1.12 bits per heavy atom. The number of nitrogens with one attached hydrogen (secondary N) is 2. The van der Waals surface area contributed by atoms with Crippen molar-refractivity contribution in [2.24, 2.45) is 5.92 Å². The van der Waals surface area contributed by atoms with Crippen LogP contribution in [0.1, 0.15) is 38.1 Å². The highest BCUT2D eigenvalue weighted by Crippen LogP contribution is 2.29. The number of fused-ring (bicyclic) bond motifs is 1. The largest absolute Gasteiger partial charge is 0.390 e. The third-order valence-corrected chi connectivity index (χ3v) is 6.81. The molecule has 5 heterocycles.